The van der Waals surface area contributed by atoms with Crippen LogP contribution in [0.25, 0.3) is 11.3 Å². The van der Waals surface area contributed by atoms with E-state index in [1.807, 2.05) is 42.5 Å². The van der Waals surface area contributed by atoms with Crippen molar-refractivity contribution in [3.8, 4) is 11.3 Å². The summed E-state index contributed by atoms with van der Waals surface area (Å²) in [6.45, 7) is 4.88. The topological polar surface area (TPSA) is 62.7 Å². The van der Waals surface area contributed by atoms with Crippen molar-refractivity contribution in [2.24, 2.45) is 0 Å². The van der Waals surface area contributed by atoms with Gasteiger partial charge < -0.3 is 10.6 Å². The average Bonchev–Trinajstić information content (AvgIpc) is 2.67. The number of anilines is 2. The second-order valence-corrected chi connectivity index (χ2v) is 5.96. The van der Waals surface area contributed by atoms with Crippen LogP contribution in [0.1, 0.15) is 26.0 Å². The molecule has 2 heterocycles. The zero-order chi connectivity index (χ0) is 17.5. The van der Waals surface area contributed by atoms with Crippen molar-refractivity contribution in [3.05, 3.63) is 66.5 Å². The number of rotatable bonds is 7. The number of benzene rings is 1. The van der Waals surface area contributed by atoms with E-state index in [1.54, 1.807) is 6.20 Å². The molecule has 0 unspecified atom stereocenters. The van der Waals surface area contributed by atoms with E-state index < -0.39 is 0 Å². The molecule has 0 radical (unpaired) electrons. The van der Waals surface area contributed by atoms with E-state index in [0.717, 1.165) is 29.2 Å². The largest absolute Gasteiger partial charge is 0.364 e. The zero-order valence-corrected chi connectivity index (χ0v) is 14.6. The summed E-state index contributed by atoms with van der Waals surface area (Å²) in [4.78, 5) is 13.6. The zero-order valence-electron chi connectivity index (χ0n) is 14.6. The summed E-state index contributed by atoms with van der Waals surface area (Å²) in [6.07, 6.45) is 2.80. The Morgan fingerprint density at radius 2 is 1.80 bits per heavy atom. The third-order valence-electron chi connectivity index (χ3n) is 3.96. The van der Waals surface area contributed by atoms with E-state index in [4.69, 9.17) is 0 Å². The lowest BCUT2D eigenvalue weighted by Gasteiger charge is -2.14. The molecule has 0 aliphatic carbocycles. The summed E-state index contributed by atoms with van der Waals surface area (Å²) in [7, 11) is 0. The highest BCUT2D eigenvalue weighted by Crippen LogP contribution is 2.22. The Bertz CT molecular complexity index is 790. The van der Waals surface area contributed by atoms with E-state index in [9.17, 15) is 0 Å². The molecule has 1 atom stereocenters. The summed E-state index contributed by atoms with van der Waals surface area (Å²) >= 11 is 0. The van der Waals surface area contributed by atoms with Gasteiger partial charge in [0.1, 0.15) is 5.82 Å². The number of nitrogens with one attached hydrogen (secondary N) is 2. The third kappa shape index (κ3) is 4.76. The predicted molar refractivity (Wildman–Crippen MR) is 102 cm³/mol. The van der Waals surface area contributed by atoms with Crippen LogP contribution in [0.2, 0.25) is 0 Å². The van der Waals surface area contributed by atoms with E-state index >= 15 is 0 Å². The predicted octanol–water partition coefficient (Wildman–Crippen LogP) is 4.36. The molecule has 0 aliphatic rings. The van der Waals surface area contributed by atoms with Gasteiger partial charge in [0.05, 0.1) is 17.9 Å². The van der Waals surface area contributed by atoms with Gasteiger partial charge in [-0.3, -0.25) is 4.98 Å². The normalized spacial score (nSPS) is 11.8. The van der Waals surface area contributed by atoms with E-state index in [1.165, 1.54) is 0 Å². The van der Waals surface area contributed by atoms with Crippen LogP contribution in [-0.2, 0) is 6.54 Å². The van der Waals surface area contributed by atoms with Crippen LogP contribution in [0, 0.1) is 0 Å². The summed E-state index contributed by atoms with van der Waals surface area (Å²) in [5.41, 5.74) is 2.93. The fourth-order valence-corrected chi connectivity index (χ4v) is 2.37. The summed E-state index contributed by atoms with van der Waals surface area (Å²) in [5, 5.41) is 6.71. The first-order valence-electron chi connectivity index (χ1n) is 8.59. The number of nitrogens with zero attached hydrogens (tertiary/aromatic N) is 3. The third-order valence-corrected chi connectivity index (χ3v) is 3.96. The summed E-state index contributed by atoms with van der Waals surface area (Å²) in [5.74, 6) is 1.42. The molecule has 5 heteroatoms. The highest BCUT2D eigenvalue weighted by atomic mass is 15.2. The van der Waals surface area contributed by atoms with Gasteiger partial charge in [0.2, 0.25) is 5.95 Å². The van der Waals surface area contributed by atoms with E-state index in [-0.39, 0.29) is 0 Å². The smallest absolute Gasteiger partial charge is 0.225 e. The molecule has 0 saturated heterocycles. The maximum atomic E-state index is 4.67. The highest BCUT2D eigenvalue weighted by molar-refractivity contribution is 5.64. The number of hydrogen-bond donors (Lipinski definition) is 2. The van der Waals surface area contributed by atoms with Crippen LogP contribution >= 0.6 is 0 Å². The van der Waals surface area contributed by atoms with E-state index in [2.05, 4.69) is 51.6 Å². The van der Waals surface area contributed by atoms with Crippen LogP contribution in [0.5, 0.6) is 0 Å². The minimum Gasteiger partial charge on any atom is -0.364 e. The van der Waals surface area contributed by atoms with Gasteiger partial charge in [-0.15, -0.1) is 0 Å². The molecule has 0 spiro atoms. The lowest BCUT2D eigenvalue weighted by molar-refractivity contribution is 0.753. The van der Waals surface area contributed by atoms with Crippen molar-refractivity contribution in [2.45, 2.75) is 32.9 Å². The first-order chi connectivity index (χ1) is 12.2. The number of pyridine rings is 1. The van der Waals surface area contributed by atoms with Gasteiger partial charge in [-0.05, 0) is 25.5 Å². The second kappa shape index (κ2) is 8.24. The van der Waals surface area contributed by atoms with Gasteiger partial charge in [-0.25, -0.2) is 4.98 Å². The molecule has 0 fully saturated rings. The average molecular weight is 333 g/mol. The highest BCUT2D eigenvalue weighted by Gasteiger charge is 2.09. The number of hydrogen-bond acceptors (Lipinski definition) is 5. The maximum Gasteiger partial charge on any atom is 0.225 e. The van der Waals surface area contributed by atoms with Crippen LogP contribution in [0.4, 0.5) is 11.8 Å². The molecule has 3 rings (SSSR count). The Hall–Kier alpha value is -2.95. The molecule has 25 heavy (non-hydrogen) atoms. The molecule has 0 aliphatic heterocycles. The minimum atomic E-state index is 0.315. The molecule has 1 aromatic carbocycles. The van der Waals surface area contributed by atoms with Gasteiger partial charge in [-0.1, -0.05) is 43.3 Å². The molecule has 0 saturated carbocycles. The summed E-state index contributed by atoms with van der Waals surface area (Å²) in [6, 6.07) is 18.3. The second-order valence-electron chi connectivity index (χ2n) is 5.96. The van der Waals surface area contributed by atoms with Gasteiger partial charge in [0.15, 0.2) is 0 Å². The van der Waals surface area contributed by atoms with Gasteiger partial charge in [-0.2, -0.15) is 4.98 Å². The Balaban J connectivity index is 1.86. The molecular weight excluding hydrogens is 310 g/mol. The molecule has 3 aromatic rings. The maximum absolute atomic E-state index is 4.67. The minimum absolute atomic E-state index is 0.315. The van der Waals surface area contributed by atoms with Crippen LogP contribution in [-0.4, -0.2) is 21.0 Å². The van der Waals surface area contributed by atoms with Crippen LogP contribution in [0.15, 0.2) is 60.8 Å². The first kappa shape index (κ1) is 16.9. The SMILES string of the molecule is CC[C@H](C)Nc1nc(NCc2ccccn2)cc(-c2ccccc2)n1. The quantitative estimate of drug-likeness (QED) is 0.672. The Kier molecular flexibility index (Phi) is 5.57. The van der Waals surface area contributed by atoms with Crippen LogP contribution in [0.3, 0.4) is 0 Å². The molecule has 5 nitrogen and oxygen atoms in total. The van der Waals surface area contributed by atoms with Gasteiger partial charge in [0.25, 0.3) is 0 Å². The van der Waals surface area contributed by atoms with Crippen molar-refractivity contribution in [1.29, 1.82) is 0 Å². The summed E-state index contributed by atoms with van der Waals surface area (Å²) < 4.78 is 0. The van der Waals surface area contributed by atoms with Crippen molar-refractivity contribution < 1.29 is 0 Å². The van der Waals surface area contributed by atoms with Gasteiger partial charge in [0, 0.05) is 23.9 Å². The Morgan fingerprint density at radius 1 is 1.00 bits per heavy atom. The standard InChI is InChI=1S/C20H23N5/c1-3-15(2)23-20-24-18(16-9-5-4-6-10-16)13-19(25-20)22-14-17-11-7-8-12-21-17/h4-13,15H,3,14H2,1-2H3,(H2,22,23,24,25)/t15-/m0/s1. The fourth-order valence-electron chi connectivity index (χ4n) is 2.37. The molecule has 0 amide bonds. The van der Waals surface area contributed by atoms with Crippen LogP contribution < -0.4 is 10.6 Å². The number of aromatic nitrogens is 3. The van der Waals surface area contributed by atoms with Crippen molar-refractivity contribution in [3.63, 3.8) is 0 Å². The first-order valence-corrected chi connectivity index (χ1v) is 8.59. The lowest BCUT2D eigenvalue weighted by atomic mass is 10.1. The molecule has 128 valence electrons. The molecule has 2 aromatic heterocycles. The van der Waals surface area contributed by atoms with Crippen molar-refractivity contribution in [2.75, 3.05) is 10.6 Å². The fraction of sp³-hybridized carbons (Fsp3) is 0.250. The van der Waals surface area contributed by atoms with Crippen molar-refractivity contribution >= 4 is 11.8 Å². The molecule has 2 N–H and O–H groups in total. The Morgan fingerprint density at radius 3 is 2.52 bits per heavy atom. The Labute approximate surface area is 148 Å². The lowest BCUT2D eigenvalue weighted by Crippen LogP contribution is -2.16. The van der Waals surface area contributed by atoms with E-state index in [0.29, 0.717) is 18.5 Å². The molecule has 0 bridgehead atoms. The monoisotopic (exact) mass is 333 g/mol. The van der Waals surface area contributed by atoms with Crippen molar-refractivity contribution in [1.82, 2.24) is 15.0 Å². The van der Waals surface area contributed by atoms with Gasteiger partial charge >= 0.3 is 0 Å². The molecular formula is C20H23N5.